The summed E-state index contributed by atoms with van der Waals surface area (Å²) >= 11 is 0. The first kappa shape index (κ1) is 38.7. The van der Waals surface area contributed by atoms with Gasteiger partial charge in [0.25, 0.3) is 5.91 Å². The van der Waals surface area contributed by atoms with Crippen LogP contribution in [0.1, 0.15) is 80.8 Å². The first-order chi connectivity index (χ1) is 27.0. The minimum atomic E-state index is -0.712. The fraction of sp³-hybridized carbons (Fsp3) is 0.455. The van der Waals surface area contributed by atoms with Crippen molar-refractivity contribution in [2.24, 2.45) is 4.99 Å². The molecule has 1 aliphatic carbocycles. The molecule has 7 rings (SSSR count). The van der Waals surface area contributed by atoms with Crippen LogP contribution >= 0.6 is 0 Å². The Kier molecular flexibility index (Phi) is 11.3. The number of amides is 4. The molecule has 3 saturated heterocycles. The van der Waals surface area contributed by atoms with Crippen LogP contribution in [-0.2, 0) is 19.2 Å². The first-order valence-corrected chi connectivity index (χ1v) is 20.1. The second-order valence-electron chi connectivity index (χ2n) is 15.2. The van der Waals surface area contributed by atoms with E-state index < -0.39 is 24.0 Å². The van der Waals surface area contributed by atoms with E-state index in [1.165, 1.54) is 6.92 Å². The normalized spacial score (nSPS) is 20.0. The average Bonchev–Trinajstić information content (AvgIpc) is 3.99. The minimum absolute atomic E-state index is 0.0361. The molecule has 4 amide bonds. The van der Waals surface area contributed by atoms with Crippen molar-refractivity contribution < 1.29 is 28.4 Å². The van der Waals surface area contributed by atoms with Gasteiger partial charge in [-0.1, -0.05) is 18.2 Å². The molecule has 4 aliphatic heterocycles. The molecule has 2 aromatic rings. The van der Waals surface area contributed by atoms with Crippen molar-refractivity contribution in [2.45, 2.75) is 91.3 Å². The molecule has 0 bridgehead atoms. The number of benzene rings is 3. The lowest BCUT2D eigenvalue weighted by molar-refractivity contribution is -0.150. The van der Waals surface area contributed by atoms with Crippen LogP contribution in [0.4, 0.5) is 5.69 Å². The van der Waals surface area contributed by atoms with Gasteiger partial charge in [-0.25, -0.2) is 0 Å². The van der Waals surface area contributed by atoms with Crippen LogP contribution in [0, 0.1) is 13.8 Å². The molecule has 12 nitrogen and oxygen atoms in total. The highest BCUT2D eigenvalue weighted by Crippen LogP contribution is 2.43. The third-order valence-corrected chi connectivity index (χ3v) is 11.6. The van der Waals surface area contributed by atoms with E-state index in [0.29, 0.717) is 80.8 Å². The molecule has 3 unspecified atom stereocenters. The van der Waals surface area contributed by atoms with E-state index in [-0.39, 0.29) is 30.0 Å². The molecule has 4 heterocycles. The van der Waals surface area contributed by atoms with Crippen LogP contribution < -0.4 is 16.0 Å². The number of Topliss-reactive ketones (excluding diaryl/α,β-unsaturated/α-hetero) is 1. The molecule has 12 heteroatoms. The zero-order valence-electron chi connectivity index (χ0n) is 33.1. The summed E-state index contributed by atoms with van der Waals surface area (Å²) < 4.78 is 6.54. The minimum Gasteiger partial charge on any atom is -0.456 e. The Morgan fingerprint density at radius 2 is 1.43 bits per heavy atom. The first-order valence-electron chi connectivity index (χ1n) is 20.1. The number of likely N-dealkylation sites (tertiary alicyclic amines) is 3. The fourth-order valence-corrected chi connectivity index (χ4v) is 8.90. The second kappa shape index (κ2) is 16.3. The number of anilines is 1. The summed E-state index contributed by atoms with van der Waals surface area (Å²) in [7, 11) is 0. The van der Waals surface area contributed by atoms with Crippen molar-refractivity contribution in [1.82, 2.24) is 20.0 Å². The van der Waals surface area contributed by atoms with Crippen LogP contribution in [0.15, 0.2) is 57.9 Å². The maximum absolute atomic E-state index is 14.1. The van der Waals surface area contributed by atoms with E-state index in [1.807, 2.05) is 52.0 Å². The SMILES string of the molecule is CC/N=c1/cc2oc3cc(NCC)c(C)cc3c(-c3ccccc3C(=O)NCC(=O)N3CCCC3C(=O)N3CCCC3C(=O)N3CCCC3C(C)=O)c-2cc1C. The number of aryl methyl sites for hydroxylation is 2. The van der Waals surface area contributed by atoms with Crippen LogP contribution in [-0.4, -0.2) is 102 Å². The lowest BCUT2D eigenvalue weighted by Crippen LogP contribution is -2.55. The molecule has 0 spiro atoms. The Morgan fingerprint density at radius 3 is 2.11 bits per heavy atom. The molecule has 56 heavy (non-hydrogen) atoms. The van der Waals surface area contributed by atoms with E-state index in [1.54, 1.807) is 26.8 Å². The van der Waals surface area contributed by atoms with E-state index in [0.717, 1.165) is 51.7 Å². The highest BCUT2D eigenvalue weighted by atomic mass is 16.3. The summed E-state index contributed by atoms with van der Waals surface area (Å²) in [5.41, 5.74) is 6.43. The molecule has 3 atom stereocenters. The Bertz CT molecular complexity index is 2240. The largest absolute Gasteiger partial charge is 0.456 e. The molecule has 294 valence electrons. The van der Waals surface area contributed by atoms with Gasteiger partial charge in [-0.2, -0.15) is 0 Å². The average molecular weight is 761 g/mol. The predicted molar refractivity (Wildman–Crippen MR) is 215 cm³/mol. The van der Waals surface area contributed by atoms with Gasteiger partial charge in [0.05, 0.1) is 17.9 Å². The number of hydrogen-bond donors (Lipinski definition) is 2. The van der Waals surface area contributed by atoms with Crippen molar-refractivity contribution in [3.63, 3.8) is 0 Å². The standard InChI is InChI=1S/C44H52N6O6/c1-6-45-33-23-38-31(21-26(33)3)41(32-22-27(4)34(46-7-2)24-39(32)56-38)29-13-8-9-14-30(29)42(53)47-25-40(52)48-18-11-16-36(48)43(54)50-20-12-17-37(50)44(55)49-19-10-15-35(49)28(5)51/h8-9,13-14,21-24,35-37,45H,6-7,10-12,15-20,25H2,1-5H3,(H,47,53)/b46-34-. The van der Waals surface area contributed by atoms with Gasteiger partial charge in [-0.05, 0) is 108 Å². The maximum Gasteiger partial charge on any atom is 0.252 e. The Hall–Kier alpha value is -5.52. The van der Waals surface area contributed by atoms with Crippen LogP contribution in [0.3, 0.4) is 0 Å². The topological polar surface area (TPSA) is 145 Å². The molecule has 5 aliphatic rings. The number of rotatable bonds is 10. The van der Waals surface area contributed by atoms with Crippen molar-refractivity contribution in [1.29, 1.82) is 0 Å². The van der Waals surface area contributed by atoms with Gasteiger partial charge >= 0.3 is 0 Å². The smallest absolute Gasteiger partial charge is 0.252 e. The van der Waals surface area contributed by atoms with Gasteiger partial charge in [-0.3, -0.25) is 29.0 Å². The van der Waals surface area contributed by atoms with E-state index >= 15 is 0 Å². The van der Waals surface area contributed by atoms with Crippen molar-refractivity contribution in [3.05, 3.63) is 70.6 Å². The van der Waals surface area contributed by atoms with Crippen LogP contribution in [0.25, 0.3) is 33.4 Å². The van der Waals surface area contributed by atoms with Gasteiger partial charge in [0.1, 0.15) is 23.4 Å². The Balaban J connectivity index is 1.14. The van der Waals surface area contributed by atoms with Gasteiger partial charge in [-0.15, -0.1) is 0 Å². The molecule has 2 aromatic carbocycles. The van der Waals surface area contributed by atoms with Crippen LogP contribution in [0.2, 0.25) is 0 Å². The van der Waals surface area contributed by atoms with E-state index in [4.69, 9.17) is 4.42 Å². The summed E-state index contributed by atoms with van der Waals surface area (Å²) in [6, 6.07) is 13.7. The number of hydrogen-bond acceptors (Lipinski definition) is 8. The number of carbonyl (C=O) groups is 5. The summed E-state index contributed by atoms with van der Waals surface area (Å²) in [5, 5.41) is 7.98. The van der Waals surface area contributed by atoms with Gasteiger partial charge < -0.3 is 29.8 Å². The summed E-state index contributed by atoms with van der Waals surface area (Å²) in [5.74, 6) is -0.576. The number of ketones is 1. The Morgan fingerprint density at radius 1 is 0.786 bits per heavy atom. The molecule has 3 fully saturated rings. The number of carbonyl (C=O) groups excluding carboxylic acids is 5. The van der Waals surface area contributed by atoms with Gasteiger partial charge in [0.15, 0.2) is 5.78 Å². The monoisotopic (exact) mass is 760 g/mol. The van der Waals surface area contributed by atoms with Crippen molar-refractivity contribution in [2.75, 3.05) is 44.6 Å². The molecule has 0 radical (unpaired) electrons. The lowest BCUT2D eigenvalue weighted by atomic mass is 9.89. The van der Waals surface area contributed by atoms with Crippen molar-refractivity contribution >= 4 is 46.1 Å². The summed E-state index contributed by atoms with van der Waals surface area (Å²) in [4.78, 5) is 77.3. The second-order valence-corrected chi connectivity index (χ2v) is 15.2. The fourth-order valence-electron chi connectivity index (χ4n) is 8.90. The third-order valence-electron chi connectivity index (χ3n) is 11.6. The van der Waals surface area contributed by atoms with Crippen LogP contribution in [0.5, 0.6) is 0 Å². The summed E-state index contributed by atoms with van der Waals surface area (Å²) in [6.07, 6.45) is 3.75. The van der Waals surface area contributed by atoms with E-state index in [9.17, 15) is 24.0 Å². The molecule has 0 aromatic heterocycles. The molecular formula is C44H52N6O6. The third kappa shape index (κ3) is 7.29. The number of nitrogens with zero attached hydrogens (tertiary/aromatic N) is 4. The molecule has 2 N–H and O–H groups in total. The quantitative estimate of drug-likeness (QED) is 0.204. The van der Waals surface area contributed by atoms with Gasteiger partial charge in [0.2, 0.25) is 17.7 Å². The highest BCUT2D eigenvalue weighted by molar-refractivity contribution is 6.10. The number of fused-ring (bicyclic) bond motifs is 2. The van der Waals surface area contributed by atoms with Crippen molar-refractivity contribution in [3.8, 4) is 22.5 Å². The number of nitrogens with one attached hydrogen (secondary N) is 2. The zero-order valence-corrected chi connectivity index (χ0v) is 33.1. The molecular weight excluding hydrogens is 709 g/mol. The maximum atomic E-state index is 14.1. The van der Waals surface area contributed by atoms with E-state index in [2.05, 4.69) is 27.8 Å². The summed E-state index contributed by atoms with van der Waals surface area (Å²) in [6.45, 7) is 12.0. The van der Waals surface area contributed by atoms with Gasteiger partial charge in [0, 0.05) is 72.6 Å². The lowest BCUT2D eigenvalue weighted by Gasteiger charge is -2.33. The zero-order chi connectivity index (χ0) is 39.7. The predicted octanol–water partition coefficient (Wildman–Crippen LogP) is 5.47. The highest BCUT2D eigenvalue weighted by Gasteiger charge is 2.45. The Labute approximate surface area is 327 Å². The molecule has 0 saturated carbocycles.